The number of nitrogens with one attached hydrogen (secondary N) is 1. The van der Waals surface area contributed by atoms with E-state index in [1.54, 1.807) is 7.11 Å². The molecule has 0 amide bonds. The van der Waals surface area contributed by atoms with Crippen LogP contribution in [0.3, 0.4) is 0 Å². The fraction of sp³-hybridized carbons (Fsp3) is 0.651. The van der Waals surface area contributed by atoms with E-state index in [2.05, 4.69) is 62.5 Å². The summed E-state index contributed by atoms with van der Waals surface area (Å²) in [5.41, 5.74) is 4.37. The van der Waals surface area contributed by atoms with Gasteiger partial charge in [0.1, 0.15) is 5.75 Å². The van der Waals surface area contributed by atoms with Gasteiger partial charge in [-0.1, -0.05) is 30.3 Å². The number of piperidine rings is 3. The predicted octanol–water partition coefficient (Wildman–Crippen LogP) is 4.16. The maximum atomic E-state index is 14.0. The zero-order valence-corrected chi connectivity index (χ0v) is 30.9. The van der Waals surface area contributed by atoms with Crippen molar-refractivity contribution in [3.05, 3.63) is 64.9 Å². The Morgan fingerprint density at radius 3 is 2.60 bits per heavy atom. The number of hydrogen-bond acceptors (Lipinski definition) is 10. The molecule has 7 saturated heterocycles. The number of carbonyl (C=O) groups is 1. The van der Waals surface area contributed by atoms with Gasteiger partial charge in [0, 0.05) is 78.5 Å². The fourth-order valence-electron chi connectivity index (χ4n) is 16.8. The van der Waals surface area contributed by atoms with Crippen LogP contribution in [-0.4, -0.2) is 111 Å². The van der Waals surface area contributed by atoms with Gasteiger partial charge in [0.25, 0.3) is 0 Å². The number of rotatable bonds is 2. The van der Waals surface area contributed by atoms with Crippen molar-refractivity contribution in [2.24, 2.45) is 22.2 Å². The third-order valence-corrected chi connectivity index (χ3v) is 17.7. The maximum Gasteiger partial charge on any atom is 0.335 e. The summed E-state index contributed by atoms with van der Waals surface area (Å²) in [4.78, 5) is 22.0. The van der Waals surface area contributed by atoms with Crippen molar-refractivity contribution in [1.29, 1.82) is 0 Å². The van der Waals surface area contributed by atoms with Crippen LogP contribution >= 0.6 is 0 Å². The normalized spacial score (nSPS) is 47.6. The highest BCUT2D eigenvalue weighted by Crippen LogP contribution is 2.77. The summed E-state index contributed by atoms with van der Waals surface area (Å²) in [5.74, 6) is 0.674. The number of esters is 1. The van der Waals surface area contributed by atoms with Crippen molar-refractivity contribution in [2.45, 2.75) is 92.2 Å². The van der Waals surface area contributed by atoms with E-state index in [1.807, 2.05) is 0 Å². The smallest absolute Gasteiger partial charge is 0.335 e. The van der Waals surface area contributed by atoms with Gasteiger partial charge in [-0.05, 0) is 87.7 Å². The van der Waals surface area contributed by atoms with Crippen LogP contribution in [0.15, 0.2) is 53.7 Å². The molecule has 8 fully saturated rings. The second kappa shape index (κ2) is 9.62. The third-order valence-electron chi connectivity index (χ3n) is 17.7. The molecule has 278 valence electrons. The molecule has 2 aromatic rings. The van der Waals surface area contributed by atoms with Gasteiger partial charge in [0.2, 0.25) is 0 Å². The van der Waals surface area contributed by atoms with E-state index in [1.165, 1.54) is 18.2 Å². The van der Waals surface area contributed by atoms with Gasteiger partial charge in [-0.25, -0.2) is 4.79 Å². The van der Waals surface area contributed by atoms with Crippen LogP contribution in [0.1, 0.15) is 62.5 Å². The first-order chi connectivity index (χ1) is 25.8. The molecule has 10 nitrogen and oxygen atoms in total. The molecule has 5 spiro atoms. The second-order valence-electron chi connectivity index (χ2n) is 18.9. The molecule has 11 atom stereocenters. The van der Waals surface area contributed by atoms with E-state index in [0.717, 1.165) is 106 Å². The molecule has 2 aromatic carbocycles. The molecular formula is C43H50N4O6. The molecule has 11 aliphatic rings. The van der Waals surface area contributed by atoms with E-state index in [4.69, 9.17) is 18.9 Å². The van der Waals surface area contributed by atoms with Crippen molar-refractivity contribution in [3.8, 4) is 5.75 Å². The lowest BCUT2D eigenvalue weighted by Crippen LogP contribution is -2.81. The van der Waals surface area contributed by atoms with Crippen molar-refractivity contribution in [3.63, 3.8) is 0 Å². The van der Waals surface area contributed by atoms with Gasteiger partial charge in [-0.2, -0.15) is 0 Å². The second-order valence-corrected chi connectivity index (χ2v) is 18.9. The summed E-state index contributed by atoms with van der Waals surface area (Å²) in [6.07, 6.45) is 7.62. The topological polar surface area (TPSA) is 96.0 Å². The summed E-state index contributed by atoms with van der Waals surface area (Å²) < 4.78 is 25.8. The van der Waals surface area contributed by atoms with Gasteiger partial charge >= 0.3 is 5.97 Å². The Bertz CT molecular complexity index is 2060. The molecule has 0 bridgehead atoms. The van der Waals surface area contributed by atoms with Gasteiger partial charge in [-0.15, -0.1) is 0 Å². The number of methoxy groups -OCH3 is 2. The van der Waals surface area contributed by atoms with Crippen molar-refractivity contribution in [1.82, 2.24) is 9.80 Å². The quantitative estimate of drug-likeness (QED) is 0.441. The molecule has 1 saturated carbocycles. The third kappa shape index (κ3) is 3.07. The zero-order valence-electron chi connectivity index (χ0n) is 30.9. The molecule has 53 heavy (non-hydrogen) atoms. The number of benzene rings is 2. The van der Waals surface area contributed by atoms with Crippen molar-refractivity contribution >= 4 is 17.3 Å². The van der Waals surface area contributed by atoms with Gasteiger partial charge in [0.05, 0.1) is 48.5 Å². The Balaban J connectivity index is 1.02. The van der Waals surface area contributed by atoms with Crippen LogP contribution in [0.2, 0.25) is 0 Å². The first kappa shape index (κ1) is 31.1. The molecule has 2 aliphatic carbocycles. The molecule has 9 aliphatic heterocycles. The molecule has 13 rings (SSSR count). The Kier molecular flexibility index (Phi) is 5.64. The summed E-state index contributed by atoms with van der Waals surface area (Å²) in [6.45, 7) is 6.12. The minimum Gasteiger partial charge on any atom is -0.495 e. The predicted molar refractivity (Wildman–Crippen MR) is 196 cm³/mol. The number of anilines is 2. The SMILES string of the molecule is COC(=O)C1=C2Nc3ccccc3[C@@]23CCN2C[C@]4(C[C@@H]5C[C@]67CCO[C@H]6CCN6CC[C@@]8(c9cccc(OC)c9N(C4)C58O)C67)[C@@H]4OCC[C@]4(C1)[C@H]23. The first-order valence-electron chi connectivity index (χ1n) is 20.4. The monoisotopic (exact) mass is 718 g/mol. The lowest BCUT2D eigenvalue weighted by molar-refractivity contribution is -0.232. The average Bonchev–Trinajstić information content (AvgIpc) is 4.02. The van der Waals surface area contributed by atoms with Crippen molar-refractivity contribution in [2.75, 3.05) is 70.4 Å². The Morgan fingerprint density at radius 2 is 1.72 bits per heavy atom. The number of hydrogen-bond donors (Lipinski definition) is 2. The number of nitrogens with zero attached hydrogens (tertiary/aromatic N) is 3. The van der Waals surface area contributed by atoms with E-state index < -0.39 is 11.1 Å². The summed E-state index contributed by atoms with van der Waals surface area (Å²) >= 11 is 0. The fourth-order valence-corrected chi connectivity index (χ4v) is 16.8. The number of ether oxygens (including phenoxy) is 4. The standard InChI is InChI=1S/C43H50N4O6/c1-50-30-9-5-7-28-32(30)47-24-38(20-25-21-39-13-18-52-31(39)10-15-45-17-12-42(28,36(39)45)43(25,47)49)23-46-16-11-41-27-6-3-4-8-29(27)44-33(41)26(34(48)51-2)22-40(35(41)46)14-19-53-37(38)40/h3-9,25,31,35-37,44,49H,10-24H2,1-2H3/t25-,31+,35+,36?,37+,38+,39-,40+,41+,42-,43?/m1/s1. The summed E-state index contributed by atoms with van der Waals surface area (Å²) in [5, 5.41) is 17.8. The Labute approximate surface area is 310 Å². The molecule has 9 heterocycles. The van der Waals surface area contributed by atoms with E-state index in [-0.39, 0.29) is 57.8 Å². The molecule has 10 heteroatoms. The van der Waals surface area contributed by atoms with Crippen LogP contribution in [0, 0.1) is 22.2 Å². The highest BCUT2D eigenvalue weighted by molar-refractivity contribution is 5.93. The van der Waals surface area contributed by atoms with Crippen molar-refractivity contribution < 1.29 is 28.8 Å². The van der Waals surface area contributed by atoms with Crippen LogP contribution in [0.25, 0.3) is 0 Å². The molecule has 2 N–H and O–H groups in total. The lowest BCUT2D eigenvalue weighted by atomic mass is 9.43. The van der Waals surface area contributed by atoms with E-state index in [9.17, 15) is 9.90 Å². The number of carbonyl (C=O) groups excluding carboxylic acids is 1. The minimum absolute atomic E-state index is 0.00339. The van der Waals surface area contributed by atoms with Gasteiger partial charge in [-0.3, -0.25) is 9.80 Å². The highest BCUT2D eigenvalue weighted by atomic mass is 16.5. The van der Waals surface area contributed by atoms with Crippen LogP contribution in [0.4, 0.5) is 11.4 Å². The maximum absolute atomic E-state index is 14.0. The zero-order chi connectivity index (χ0) is 35.3. The van der Waals surface area contributed by atoms with Crippen LogP contribution < -0.4 is 15.0 Å². The average molecular weight is 719 g/mol. The molecule has 0 aromatic heterocycles. The minimum atomic E-state index is -1.04. The van der Waals surface area contributed by atoms with Crippen LogP contribution in [-0.2, 0) is 29.8 Å². The van der Waals surface area contributed by atoms with Gasteiger partial charge in [0.15, 0.2) is 5.72 Å². The Morgan fingerprint density at radius 1 is 0.887 bits per heavy atom. The molecule has 0 radical (unpaired) electrons. The lowest BCUT2D eigenvalue weighted by Gasteiger charge is -2.70. The first-order valence-corrected chi connectivity index (χ1v) is 20.4. The molecular weight excluding hydrogens is 668 g/mol. The number of fused-ring (bicyclic) bond motifs is 4. The van der Waals surface area contributed by atoms with E-state index >= 15 is 0 Å². The highest BCUT2D eigenvalue weighted by Gasteiger charge is 2.83. The summed E-state index contributed by atoms with van der Waals surface area (Å²) in [7, 11) is 3.32. The molecule has 2 unspecified atom stereocenters. The number of para-hydroxylation sites is 2. The Hall–Kier alpha value is -3.15. The largest absolute Gasteiger partial charge is 0.495 e. The summed E-state index contributed by atoms with van der Waals surface area (Å²) in [6, 6.07) is 15.8. The van der Waals surface area contributed by atoms with Crippen LogP contribution in [0.5, 0.6) is 5.75 Å². The number of aliphatic hydroxyl groups is 1. The van der Waals surface area contributed by atoms with E-state index in [0.29, 0.717) is 19.6 Å². The van der Waals surface area contributed by atoms with Gasteiger partial charge < -0.3 is 34.3 Å².